The highest BCUT2D eigenvalue weighted by molar-refractivity contribution is 7.92. The van der Waals surface area contributed by atoms with Crippen LogP contribution in [0.1, 0.15) is 15.9 Å². The van der Waals surface area contributed by atoms with Crippen molar-refractivity contribution in [1.29, 1.82) is 0 Å². The first-order valence-corrected chi connectivity index (χ1v) is 11.5. The first kappa shape index (κ1) is 19.8. The molecule has 0 spiro atoms. The Hall–Kier alpha value is -2.45. The van der Waals surface area contributed by atoms with Crippen LogP contribution in [0.4, 0.5) is 15.8 Å². The number of hydrogen-bond acceptors (Lipinski definition) is 5. The van der Waals surface area contributed by atoms with Crippen LogP contribution in [0.15, 0.2) is 42.5 Å². The number of sulfonamides is 1. The summed E-state index contributed by atoms with van der Waals surface area (Å²) in [6.07, 6.45) is 1.83. The van der Waals surface area contributed by atoms with Gasteiger partial charge in [-0.25, -0.2) is 12.8 Å². The maximum absolute atomic E-state index is 13.1. The van der Waals surface area contributed by atoms with Gasteiger partial charge in [0.1, 0.15) is 5.82 Å². The predicted octanol–water partition coefficient (Wildman–Crippen LogP) is 2.15. The summed E-state index contributed by atoms with van der Waals surface area (Å²) in [5.41, 5.74) is 3.20. The minimum atomic E-state index is -3.29. The second-order valence-corrected chi connectivity index (χ2v) is 9.50. The molecule has 2 heterocycles. The highest BCUT2D eigenvalue weighted by Crippen LogP contribution is 2.31. The van der Waals surface area contributed by atoms with Crippen LogP contribution in [0.2, 0.25) is 0 Å². The average molecular weight is 418 g/mol. The summed E-state index contributed by atoms with van der Waals surface area (Å²) < 4.78 is 38.2. The molecule has 0 bridgehead atoms. The summed E-state index contributed by atoms with van der Waals surface area (Å²) in [4.78, 5) is 17.1. The number of nitrogens with zero attached hydrogens (tertiary/aromatic N) is 3. The summed E-state index contributed by atoms with van der Waals surface area (Å²) in [6.45, 7) is 3.85. The van der Waals surface area contributed by atoms with E-state index >= 15 is 0 Å². The van der Waals surface area contributed by atoms with Gasteiger partial charge in [-0.15, -0.1) is 0 Å². The highest BCUT2D eigenvalue weighted by Gasteiger charge is 2.27. The van der Waals surface area contributed by atoms with E-state index in [2.05, 4.69) is 9.80 Å². The van der Waals surface area contributed by atoms with Gasteiger partial charge in [-0.05, 0) is 54.4 Å². The summed E-state index contributed by atoms with van der Waals surface area (Å²) in [5.74, 6) is -0.201. The number of ketones is 1. The van der Waals surface area contributed by atoms with E-state index < -0.39 is 10.0 Å². The molecular weight excluding hydrogens is 393 g/mol. The van der Waals surface area contributed by atoms with Crippen molar-refractivity contribution < 1.29 is 17.6 Å². The molecule has 1 fully saturated rings. The molecule has 0 unspecified atom stereocenters. The van der Waals surface area contributed by atoms with E-state index in [1.165, 1.54) is 22.7 Å². The van der Waals surface area contributed by atoms with E-state index in [9.17, 15) is 17.6 Å². The van der Waals surface area contributed by atoms with Crippen molar-refractivity contribution in [3.63, 3.8) is 0 Å². The lowest BCUT2D eigenvalue weighted by Gasteiger charge is -2.35. The Kier molecular flexibility index (Phi) is 5.31. The molecule has 8 heteroatoms. The summed E-state index contributed by atoms with van der Waals surface area (Å²) in [7, 11) is -3.29. The molecule has 2 aromatic carbocycles. The van der Waals surface area contributed by atoms with Crippen molar-refractivity contribution >= 4 is 27.2 Å². The van der Waals surface area contributed by atoms with Gasteiger partial charge < -0.3 is 4.90 Å². The zero-order chi connectivity index (χ0) is 20.6. The smallest absolute Gasteiger partial charge is 0.232 e. The fourth-order valence-electron chi connectivity index (χ4n) is 4.00. The lowest BCUT2D eigenvalue weighted by molar-refractivity contribution is 0.0926. The Bertz CT molecular complexity index is 1020. The molecular formula is C21H24FN3O3S. The molecule has 0 amide bonds. The van der Waals surface area contributed by atoms with E-state index in [-0.39, 0.29) is 11.6 Å². The van der Waals surface area contributed by atoms with E-state index in [0.717, 1.165) is 37.4 Å². The van der Waals surface area contributed by atoms with Crippen LogP contribution in [-0.2, 0) is 16.4 Å². The van der Waals surface area contributed by atoms with Crippen LogP contribution < -0.4 is 9.21 Å². The molecule has 6 nitrogen and oxygen atoms in total. The Morgan fingerprint density at radius 3 is 2.34 bits per heavy atom. The molecule has 2 aliphatic heterocycles. The second kappa shape index (κ2) is 7.76. The number of hydrogen-bond donors (Lipinski definition) is 0. The normalized spacial score (nSPS) is 17.4. The van der Waals surface area contributed by atoms with Gasteiger partial charge in [-0.3, -0.25) is 14.0 Å². The minimum absolute atomic E-state index is 0.0424. The van der Waals surface area contributed by atoms with E-state index in [1.54, 1.807) is 24.3 Å². The lowest BCUT2D eigenvalue weighted by atomic mass is 10.0. The number of benzene rings is 2. The number of Topliss-reactive ketones (excluding diaryl/α,β-unsaturated/α-hetero) is 1. The maximum atomic E-state index is 13.1. The zero-order valence-electron chi connectivity index (χ0n) is 16.3. The van der Waals surface area contributed by atoms with Gasteiger partial charge in [0.2, 0.25) is 10.0 Å². The molecule has 2 aliphatic rings. The van der Waals surface area contributed by atoms with Gasteiger partial charge >= 0.3 is 0 Å². The largest absolute Gasteiger partial charge is 0.369 e. The molecule has 0 N–H and O–H groups in total. The minimum Gasteiger partial charge on any atom is -0.369 e. The fraction of sp³-hybridized carbons (Fsp3) is 0.381. The summed E-state index contributed by atoms with van der Waals surface area (Å²) in [5, 5.41) is 0. The van der Waals surface area contributed by atoms with Crippen LogP contribution in [0, 0.1) is 5.82 Å². The number of fused-ring (bicyclic) bond motifs is 1. The van der Waals surface area contributed by atoms with Crippen LogP contribution in [0.25, 0.3) is 0 Å². The maximum Gasteiger partial charge on any atom is 0.232 e. The first-order valence-electron chi connectivity index (χ1n) is 9.68. The van der Waals surface area contributed by atoms with E-state index in [4.69, 9.17) is 0 Å². The number of piperazine rings is 1. The SMILES string of the molecule is CS(=O)(=O)N1CCc2cc(C(=O)CN3CCN(c4ccc(F)cc4)CC3)ccc21. The quantitative estimate of drug-likeness (QED) is 0.698. The zero-order valence-corrected chi connectivity index (χ0v) is 17.2. The van der Waals surface area contributed by atoms with Crippen LogP contribution in [0.5, 0.6) is 0 Å². The van der Waals surface area contributed by atoms with Crippen molar-refractivity contribution in [1.82, 2.24) is 4.90 Å². The number of anilines is 2. The van der Waals surface area contributed by atoms with Crippen LogP contribution >= 0.6 is 0 Å². The van der Waals surface area contributed by atoms with Gasteiger partial charge in [0.15, 0.2) is 5.78 Å². The fourth-order valence-corrected chi connectivity index (χ4v) is 4.96. The highest BCUT2D eigenvalue weighted by atomic mass is 32.2. The van der Waals surface area contributed by atoms with Crippen molar-refractivity contribution in [2.75, 3.05) is 54.7 Å². The molecule has 154 valence electrons. The van der Waals surface area contributed by atoms with Gasteiger partial charge in [-0.2, -0.15) is 0 Å². The van der Waals surface area contributed by atoms with Gasteiger partial charge in [0.25, 0.3) is 0 Å². The summed E-state index contributed by atoms with van der Waals surface area (Å²) >= 11 is 0. The molecule has 0 atom stereocenters. The van der Waals surface area contributed by atoms with Crippen molar-refractivity contribution in [3.05, 3.63) is 59.4 Å². The predicted molar refractivity (Wildman–Crippen MR) is 112 cm³/mol. The first-order chi connectivity index (χ1) is 13.8. The number of halogens is 1. The third-order valence-corrected chi connectivity index (χ3v) is 6.77. The molecule has 0 aliphatic carbocycles. The third kappa shape index (κ3) is 4.28. The van der Waals surface area contributed by atoms with Crippen molar-refractivity contribution in [3.8, 4) is 0 Å². The van der Waals surface area contributed by atoms with Gasteiger partial charge in [-0.1, -0.05) is 0 Å². The molecule has 4 rings (SSSR count). The monoisotopic (exact) mass is 417 g/mol. The Morgan fingerprint density at radius 2 is 1.69 bits per heavy atom. The van der Waals surface area contributed by atoms with Crippen molar-refractivity contribution in [2.24, 2.45) is 0 Å². The number of carbonyl (C=O) groups excluding carboxylic acids is 1. The molecule has 1 saturated heterocycles. The standard InChI is InChI=1S/C21H24FN3O3S/c1-29(27,28)25-9-8-16-14-17(2-7-20(16)25)21(26)15-23-10-12-24(13-11-23)19-5-3-18(22)4-6-19/h2-7,14H,8-13,15H2,1H3. The van der Waals surface area contributed by atoms with Crippen LogP contribution in [0.3, 0.4) is 0 Å². The number of rotatable bonds is 5. The van der Waals surface area contributed by atoms with Gasteiger partial charge in [0.05, 0.1) is 18.5 Å². The van der Waals surface area contributed by atoms with Gasteiger partial charge in [0, 0.05) is 44.0 Å². The molecule has 29 heavy (non-hydrogen) atoms. The van der Waals surface area contributed by atoms with Crippen LogP contribution in [-0.4, -0.2) is 64.6 Å². The Labute approximate surface area is 170 Å². The Balaban J connectivity index is 1.36. The topological polar surface area (TPSA) is 60.9 Å². The number of carbonyl (C=O) groups is 1. The lowest BCUT2D eigenvalue weighted by Crippen LogP contribution is -2.48. The second-order valence-electron chi connectivity index (χ2n) is 7.59. The molecule has 0 aromatic heterocycles. The van der Waals surface area contributed by atoms with E-state index in [1.807, 2.05) is 6.07 Å². The molecule has 2 aromatic rings. The molecule has 0 saturated carbocycles. The summed E-state index contributed by atoms with van der Waals surface area (Å²) in [6, 6.07) is 11.8. The van der Waals surface area contributed by atoms with Crippen molar-refractivity contribution in [2.45, 2.75) is 6.42 Å². The third-order valence-electron chi connectivity index (χ3n) is 5.59. The Morgan fingerprint density at radius 1 is 1.00 bits per heavy atom. The average Bonchev–Trinajstić information content (AvgIpc) is 3.13. The van der Waals surface area contributed by atoms with E-state index in [0.29, 0.717) is 30.8 Å². The molecule has 0 radical (unpaired) electrons.